The minimum Gasteiger partial charge on any atom is -0.497 e. The van der Waals surface area contributed by atoms with E-state index in [0.29, 0.717) is 0 Å². The van der Waals surface area contributed by atoms with Gasteiger partial charge in [0.1, 0.15) is 11.9 Å². The molecule has 1 aromatic heterocycles. The van der Waals surface area contributed by atoms with Crippen LogP contribution in [-0.4, -0.2) is 12.2 Å². The molecule has 0 saturated heterocycles. The predicted octanol–water partition coefficient (Wildman–Crippen LogP) is 3.15. The van der Waals surface area contributed by atoms with Gasteiger partial charge in [0, 0.05) is 9.75 Å². The third kappa shape index (κ3) is 2.26. The standard InChI is InChI=1S/C13H14O2S/c1-9-6-7-12(16-9)13(14)10-4-3-5-11(8-10)15-2/h3-8,13-14H,1-2H3/t13-/m0/s1. The van der Waals surface area contributed by atoms with Crippen molar-refractivity contribution < 1.29 is 9.84 Å². The van der Waals surface area contributed by atoms with E-state index in [1.807, 2.05) is 43.3 Å². The number of aliphatic hydroxyl groups is 1. The molecule has 0 spiro atoms. The van der Waals surface area contributed by atoms with Crippen molar-refractivity contribution in [3.63, 3.8) is 0 Å². The highest BCUT2D eigenvalue weighted by Gasteiger charge is 2.12. The van der Waals surface area contributed by atoms with Gasteiger partial charge in [-0.25, -0.2) is 0 Å². The lowest BCUT2D eigenvalue weighted by molar-refractivity contribution is 0.223. The fourth-order valence-electron chi connectivity index (χ4n) is 1.58. The maximum atomic E-state index is 10.2. The zero-order chi connectivity index (χ0) is 11.5. The largest absolute Gasteiger partial charge is 0.497 e. The summed E-state index contributed by atoms with van der Waals surface area (Å²) in [5.41, 5.74) is 0.862. The van der Waals surface area contributed by atoms with Gasteiger partial charge in [0.2, 0.25) is 0 Å². The molecule has 2 rings (SSSR count). The van der Waals surface area contributed by atoms with E-state index in [1.54, 1.807) is 18.4 Å². The van der Waals surface area contributed by atoms with E-state index in [9.17, 15) is 5.11 Å². The number of ether oxygens (including phenoxy) is 1. The van der Waals surface area contributed by atoms with Crippen LogP contribution < -0.4 is 4.74 Å². The Morgan fingerprint density at radius 1 is 1.25 bits per heavy atom. The molecule has 16 heavy (non-hydrogen) atoms. The van der Waals surface area contributed by atoms with E-state index >= 15 is 0 Å². The van der Waals surface area contributed by atoms with E-state index < -0.39 is 6.10 Å². The number of aliphatic hydroxyl groups excluding tert-OH is 1. The summed E-state index contributed by atoms with van der Waals surface area (Å²) in [5.74, 6) is 0.768. The Kier molecular flexibility index (Phi) is 3.27. The molecule has 2 nitrogen and oxygen atoms in total. The molecule has 1 aromatic carbocycles. The van der Waals surface area contributed by atoms with Gasteiger partial charge < -0.3 is 9.84 Å². The Morgan fingerprint density at radius 3 is 2.69 bits per heavy atom. The van der Waals surface area contributed by atoms with Crippen molar-refractivity contribution in [2.24, 2.45) is 0 Å². The van der Waals surface area contributed by atoms with Gasteiger partial charge in [-0.3, -0.25) is 0 Å². The number of hydrogen-bond acceptors (Lipinski definition) is 3. The Balaban J connectivity index is 2.29. The Hall–Kier alpha value is -1.32. The number of aryl methyl sites for hydroxylation is 1. The van der Waals surface area contributed by atoms with Crippen LogP contribution in [0.5, 0.6) is 5.75 Å². The average Bonchev–Trinajstić information content (AvgIpc) is 2.75. The highest BCUT2D eigenvalue weighted by Crippen LogP contribution is 2.29. The first-order valence-electron chi connectivity index (χ1n) is 5.09. The van der Waals surface area contributed by atoms with Gasteiger partial charge in [0.15, 0.2) is 0 Å². The summed E-state index contributed by atoms with van der Waals surface area (Å²) < 4.78 is 5.14. The highest BCUT2D eigenvalue weighted by molar-refractivity contribution is 7.12. The van der Waals surface area contributed by atoms with Crippen LogP contribution >= 0.6 is 11.3 Å². The molecule has 0 aliphatic heterocycles. The second kappa shape index (κ2) is 4.68. The molecular formula is C13H14O2S. The van der Waals surface area contributed by atoms with Gasteiger partial charge in [-0.15, -0.1) is 11.3 Å². The quantitative estimate of drug-likeness (QED) is 0.884. The Bertz CT molecular complexity index is 476. The van der Waals surface area contributed by atoms with E-state index in [4.69, 9.17) is 4.74 Å². The van der Waals surface area contributed by atoms with Crippen LogP contribution in [0.2, 0.25) is 0 Å². The first kappa shape index (κ1) is 11.2. The summed E-state index contributed by atoms with van der Waals surface area (Å²) >= 11 is 1.61. The van der Waals surface area contributed by atoms with Gasteiger partial charge in [-0.2, -0.15) is 0 Å². The van der Waals surface area contributed by atoms with Crippen molar-refractivity contribution in [1.29, 1.82) is 0 Å². The molecule has 0 bridgehead atoms. The van der Waals surface area contributed by atoms with E-state index in [-0.39, 0.29) is 0 Å². The molecule has 0 aliphatic carbocycles. The van der Waals surface area contributed by atoms with Gasteiger partial charge in [0.05, 0.1) is 7.11 Å². The lowest BCUT2D eigenvalue weighted by Crippen LogP contribution is -1.97. The van der Waals surface area contributed by atoms with Gasteiger partial charge >= 0.3 is 0 Å². The molecule has 2 aromatic rings. The Morgan fingerprint density at radius 2 is 2.06 bits per heavy atom. The molecule has 0 amide bonds. The van der Waals surface area contributed by atoms with Crippen molar-refractivity contribution in [3.05, 3.63) is 51.7 Å². The maximum absolute atomic E-state index is 10.2. The van der Waals surface area contributed by atoms with Crippen LogP contribution in [-0.2, 0) is 0 Å². The SMILES string of the molecule is COc1cccc([C@H](O)c2ccc(C)s2)c1. The predicted molar refractivity (Wildman–Crippen MR) is 66.1 cm³/mol. The lowest BCUT2D eigenvalue weighted by Gasteiger charge is -2.10. The Labute approximate surface area is 99.1 Å². The summed E-state index contributed by atoms with van der Waals surface area (Å²) in [5, 5.41) is 10.2. The van der Waals surface area contributed by atoms with Crippen molar-refractivity contribution in [1.82, 2.24) is 0 Å². The van der Waals surface area contributed by atoms with Crippen LogP contribution in [0, 0.1) is 6.92 Å². The monoisotopic (exact) mass is 234 g/mol. The highest BCUT2D eigenvalue weighted by atomic mass is 32.1. The minimum absolute atomic E-state index is 0.561. The summed E-state index contributed by atoms with van der Waals surface area (Å²) in [6.45, 7) is 2.03. The zero-order valence-corrected chi connectivity index (χ0v) is 10.1. The second-order valence-corrected chi connectivity index (χ2v) is 4.95. The van der Waals surface area contributed by atoms with Crippen molar-refractivity contribution >= 4 is 11.3 Å². The van der Waals surface area contributed by atoms with E-state index in [1.165, 1.54) is 4.88 Å². The normalized spacial score (nSPS) is 12.4. The number of methoxy groups -OCH3 is 1. The van der Waals surface area contributed by atoms with Crippen LogP contribution in [0.1, 0.15) is 21.4 Å². The van der Waals surface area contributed by atoms with Crippen molar-refractivity contribution in [3.8, 4) is 5.75 Å². The third-order valence-electron chi connectivity index (χ3n) is 2.44. The van der Waals surface area contributed by atoms with Crippen LogP contribution in [0.25, 0.3) is 0 Å². The third-order valence-corrected chi connectivity index (χ3v) is 3.49. The second-order valence-electron chi connectivity index (χ2n) is 3.63. The van der Waals surface area contributed by atoms with Crippen molar-refractivity contribution in [2.75, 3.05) is 7.11 Å². The van der Waals surface area contributed by atoms with Crippen molar-refractivity contribution in [2.45, 2.75) is 13.0 Å². The van der Waals surface area contributed by atoms with Gasteiger partial charge in [-0.1, -0.05) is 12.1 Å². The lowest BCUT2D eigenvalue weighted by atomic mass is 10.1. The molecular weight excluding hydrogens is 220 g/mol. The molecule has 1 atom stereocenters. The first-order chi connectivity index (χ1) is 7.70. The maximum Gasteiger partial charge on any atom is 0.119 e. The van der Waals surface area contributed by atoms with Gasteiger partial charge in [0.25, 0.3) is 0 Å². The fourth-order valence-corrected chi connectivity index (χ4v) is 2.47. The van der Waals surface area contributed by atoms with Gasteiger partial charge in [-0.05, 0) is 36.8 Å². The van der Waals surface area contributed by atoms with E-state index in [0.717, 1.165) is 16.2 Å². The summed E-state index contributed by atoms with van der Waals surface area (Å²) in [6.07, 6.45) is -0.561. The first-order valence-corrected chi connectivity index (χ1v) is 5.90. The topological polar surface area (TPSA) is 29.5 Å². The zero-order valence-electron chi connectivity index (χ0n) is 9.31. The molecule has 0 radical (unpaired) electrons. The van der Waals surface area contributed by atoms with Crippen LogP contribution in [0.4, 0.5) is 0 Å². The molecule has 1 N–H and O–H groups in total. The molecule has 84 valence electrons. The molecule has 1 heterocycles. The molecule has 0 unspecified atom stereocenters. The fraction of sp³-hybridized carbons (Fsp3) is 0.231. The smallest absolute Gasteiger partial charge is 0.119 e. The molecule has 3 heteroatoms. The average molecular weight is 234 g/mol. The van der Waals surface area contributed by atoms with E-state index in [2.05, 4.69) is 0 Å². The number of rotatable bonds is 3. The minimum atomic E-state index is -0.561. The molecule has 0 fully saturated rings. The summed E-state index contributed by atoms with van der Waals surface area (Å²) in [7, 11) is 1.63. The number of hydrogen-bond donors (Lipinski definition) is 1. The summed E-state index contributed by atoms with van der Waals surface area (Å²) in [4.78, 5) is 2.17. The number of benzene rings is 1. The van der Waals surface area contributed by atoms with Crippen LogP contribution in [0.15, 0.2) is 36.4 Å². The number of thiophene rings is 1. The van der Waals surface area contributed by atoms with Crippen LogP contribution in [0.3, 0.4) is 0 Å². The molecule has 0 aliphatic rings. The summed E-state index contributed by atoms with van der Waals surface area (Å²) in [6, 6.07) is 11.5. The molecule has 0 saturated carbocycles.